The van der Waals surface area contributed by atoms with Crippen LogP contribution in [0.5, 0.6) is 0 Å². The normalized spacial score (nSPS) is 11.9. The molecule has 6 heteroatoms. The number of ketones is 2. The van der Waals surface area contributed by atoms with Gasteiger partial charge in [-0.05, 0) is 57.5 Å². The van der Waals surface area contributed by atoms with Crippen molar-refractivity contribution in [2.45, 2.75) is 33.8 Å². The Labute approximate surface area is 145 Å². The minimum Gasteiger partial charge on any atom is -0.451 e. The molecule has 0 saturated carbocycles. The molecule has 1 aromatic carbocycles. The van der Waals surface area contributed by atoms with Crippen LogP contribution in [0, 0.1) is 13.8 Å². The van der Waals surface area contributed by atoms with Gasteiger partial charge in [-0.15, -0.1) is 0 Å². The predicted molar refractivity (Wildman–Crippen MR) is 90.9 cm³/mol. The van der Waals surface area contributed by atoms with Gasteiger partial charge in [0.25, 0.3) is 0 Å². The van der Waals surface area contributed by atoms with E-state index in [0.717, 1.165) is 0 Å². The zero-order valence-electron chi connectivity index (χ0n) is 13.9. The minimum absolute atomic E-state index is 0.119. The highest BCUT2D eigenvalue weighted by Crippen LogP contribution is 2.21. The van der Waals surface area contributed by atoms with Crippen LogP contribution in [0.1, 0.15) is 56.3 Å². The first-order valence-electron chi connectivity index (χ1n) is 7.43. The highest BCUT2D eigenvalue weighted by Gasteiger charge is 2.26. The molecular formula is C18H18ClNO4. The smallest absolute Gasteiger partial charge is 0.338 e. The molecule has 2 rings (SSSR count). The van der Waals surface area contributed by atoms with Crippen LogP contribution in [0.4, 0.5) is 0 Å². The van der Waals surface area contributed by atoms with Crippen LogP contribution in [0.3, 0.4) is 0 Å². The summed E-state index contributed by atoms with van der Waals surface area (Å²) in [5.74, 6) is -1.11. The number of esters is 1. The van der Waals surface area contributed by atoms with E-state index < -0.39 is 12.1 Å². The summed E-state index contributed by atoms with van der Waals surface area (Å²) >= 11 is 5.77. The molecule has 2 aromatic rings. The molecule has 0 unspecified atom stereocenters. The molecule has 0 aliphatic rings. The first-order valence-corrected chi connectivity index (χ1v) is 7.81. The van der Waals surface area contributed by atoms with Gasteiger partial charge in [-0.2, -0.15) is 0 Å². The number of ether oxygens (including phenoxy) is 1. The number of nitrogens with one attached hydrogen (secondary N) is 1. The van der Waals surface area contributed by atoms with Crippen LogP contribution in [0.15, 0.2) is 24.3 Å². The summed E-state index contributed by atoms with van der Waals surface area (Å²) in [6, 6.07) is 6.20. The monoisotopic (exact) mass is 347 g/mol. The number of hydrogen-bond acceptors (Lipinski definition) is 4. The second kappa shape index (κ2) is 7.01. The number of halogens is 1. The number of rotatable bonds is 5. The number of benzene rings is 1. The molecule has 0 saturated heterocycles. The van der Waals surface area contributed by atoms with E-state index >= 15 is 0 Å². The molecule has 0 aliphatic heterocycles. The Hall–Kier alpha value is -2.40. The summed E-state index contributed by atoms with van der Waals surface area (Å²) < 4.78 is 5.22. The van der Waals surface area contributed by atoms with Crippen molar-refractivity contribution in [1.29, 1.82) is 0 Å². The molecule has 1 aromatic heterocycles. The molecule has 0 spiro atoms. The first kappa shape index (κ1) is 17.9. The number of carbonyl (C=O) groups is 3. The van der Waals surface area contributed by atoms with Gasteiger partial charge in [-0.1, -0.05) is 11.6 Å². The highest BCUT2D eigenvalue weighted by molar-refractivity contribution is 6.30. The SMILES string of the molecule is CC(=O)c1c(C)[nH]c(C(=O)[C@@H](C)OC(=O)c2ccc(Cl)cc2)c1C. The number of H-pyrrole nitrogens is 1. The molecule has 0 radical (unpaired) electrons. The molecule has 5 nitrogen and oxygen atoms in total. The number of aromatic nitrogens is 1. The molecule has 0 aliphatic carbocycles. The van der Waals surface area contributed by atoms with Gasteiger partial charge in [0.2, 0.25) is 5.78 Å². The third-order valence-electron chi connectivity index (χ3n) is 3.77. The zero-order chi connectivity index (χ0) is 18.0. The van der Waals surface area contributed by atoms with Gasteiger partial charge in [-0.25, -0.2) is 4.79 Å². The molecule has 0 fully saturated rings. The van der Waals surface area contributed by atoms with Crippen LogP contribution in [0.2, 0.25) is 5.02 Å². The van der Waals surface area contributed by atoms with Crippen LogP contribution in [-0.4, -0.2) is 28.6 Å². The number of Topliss-reactive ketones (excluding diaryl/α,β-unsaturated/α-hetero) is 2. The lowest BCUT2D eigenvalue weighted by molar-refractivity contribution is 0.0317. The maximum absolute atomic E-state index is 12.5. The van der Waals surface area contributed by atoms with E-state index in [1.165, 1.54) is 26.0 Å². The van der Waals surface area contributed by atoms with Crippen molar-refractivity contribution in [3.63, 3.8) is 0 Å². The number of aromatic amines is 1. The third-order valence-corrected chi connectivity index (χ3v) is 4.02. The first-order chi connectivity index (χ1) is 11.2. The van der Waals surface area contributed by atoms with Crippen LogP contribution in [-0.2, 0) is 4.74 Å². The van der Waals surface area contributed by atoms with Gasteiger partial charge in [0.05, 0.1) is 11.3 Å². The van der Waals surface area contributed by atoms with Crippen molar-refractivity contribution in [1.82, 2.24) is 4.98 Å². The van der Waals surface area contributed by atoms with E-state index in [4.69, 9.17) is 16.3 Å². The van der Waals surface area contributed by atoms with Gasteiger partial charge in [0, 0.05) is 16.3 Å². The third kappa shape index (κ3) is 3.57. The standard InChI is InChI=1S/C18H18ClNO4/c1-9-15(11(3)21)10(2)20-16(9)17(22)12(4)24-18(23)13-5-7-14(19)8-6-13/h5-8,12,20H,1-4H3/t12-/m1/s1. The second-order valence-electron chi connectivity index (χ2n) is 5.60. The van der Waals surface area contributed by atoms with Crippen LogP contribution < -0.4 is 0 Å². The fourth-order valence-corrected chi connectivity index (χ4v) is 2.72. The van der Waals surface area contributed by atoms with Crippen molar-refractivity contribution in [2.75, 3.05) is 0 Å². The number of carbonyl (C=O) groups excluding carboxylic acids is 3. The quantitative estimate of drug-likeness (QED) is 0.657. The lowest BCUT2D eigenvalue weighted by atomic mass is 10.0. The fourth-order valence-electron chi connectivity index (χ4n) is 2.60. The maximum Gasteiger partial charge on any atom is 0.338 e. The van der Waals surface area contributed by atoms with Gasteiger partial charge >= 0.3 is 5.97 Å². The van der Waals surface area contributed by atoms with Crippen molar-refractivity contribution in [3.8, 4) is 0 Å². The second-order valence-corrected chi connectivity index (χ2v) is 6.04. The topological polar surface area (TPSA) is 76.2 Å². The molecule has 0 bridgehead atoms. The Bertz CT molecular complexity index is 805. The Morgan fingerprint density at radius 3 is 2.21 bits per heavy atom. The van der Waals surface area contributed by atoms with E-state index in [2.05, 4.69) is 4.98 Å². The molecule has 1 atom stereocenters. The van der Waals surface area contributed by atoms with E-state index in [1.807, 2.05) is 0 Å². The lowest BCUT2D eigenvalue weighted by Gasteiger charge is -2.12. The number of aryl methyl sites for hydroxylation is 1. The summed E-state index contributed by atoms with van der Waals surface area (Å²) in [4.78, 5) is 39.2. The predicted octanol–water partition coefficient (Wildman–Crippen LogP) is 3.92. The highest BCUT2D eigenvalue weighted by atomic mass is 35.5. The molecule has 126 valence electrons. The summed E-state index contributed by atoms with van der Waals surface area (Å²) in [5.41, 5.74) is 2.28. The van der Waals surface area contributed by atoms with Crippen molar-refractivity contribution in [3.05, 3.63) is 57.4 Å². The van der Waals surface area contributed by atoms with Crippen LogP contribution >= 0.6 is 11.6 Å². The largest absolute Gasteiger partial charge is 0.451 e. The van der Waals surface area contributed by atoms with Gasteiger partial charge in [0.1, 0.15) is 0 Å². The summed E-state index contributed by atoms with van der Waals surface area (Å²) in [5, 5.41) is 0.505. The zero-order valence-corrected chi connectivity index (χ0v) is 14.7. The fraction of sp³-hybridized carbons (Fsp3) is 0.278. The van der Waals surface area contributed by atoms with Crippen LogP contribution in [0.25, 0.3) is 0 Å². The molecule has 24 heavy (non-hydrogen) atoms. The Morgan fingerprint density at radius 1 is 1.12 bits per heavy atom. The molecule has 1 heterocycles. The molecular weight excluding hydrogens is 330 g/mol. The molecule has 0 amide bonds. The van der Waals surface area contributed by atoms with Crippen molar-refractivity contribution < 1.29 is 19.1 Å². The Kier molecular flexibility index (Phi) is 5.24. The summed E-state index contributed by atoms with van der Waals surface area (Å²) in [7, 11) is 0. The lowest BCUT2D eigenvalue weighted by Crippen LogP contribution is -2.25. The Morgan fingerprint density at radius 2 is 1.71 bits per heavy atom. The molecule has 1 N–H and O–H groups in total. The maximum atomic E-state index is 12.5. The average Bonchev–Trinajstić information content (AvgIpc) is 2.81. The van der Waals surface area contributed by atoms with Crippen molar-refractivity contribution >= 4 is 29.1 Å². The average molecular weight is 348 g/mol. The summed E-state index contributed by atoms with van der Waals surface area (Å²) in [6.07, 6.45) is -0.982. The van der Waals surface area contributed by atoms with Gasteiger partial charge in [0.15, 0.2) is 11.9 Å². The summed E-state index contributed by atoms with van der Waals surface area (Å²) in [6.45, 7) is 6.37. The Balaban J connectivity index is 2.18. The van der Waals surface area contributed by atoms with E-state index in [9.17, 15) is 14.4 Å². The number of hydrogen-bond donors (Lipinski definition) is 1. The van der Waals surface area contributed by atoms with Gasteiger partial charge < -0.3 is 9.72 Å². The van der Waals surface area contributed by atoms with E-state index in [1.54, 1.807) is 26.0 Å². The van der Waals surface area contributed by atoms with E-state index in [-0.39, 0.29) is 17.3 Å². The minimum atomic E-state index is -0.982. The van der Waals surface area contributed by atoms with Gasteiger partial charge in [-0.3, -0.25) is 9.59 Å². The van der Waals surface area contributed by atoms with E-state index in [0.29, 0.717) is 27.4 Å². The van der Waals surface area contributed by atoms with Crippen molar-refractivity contribution in [2.24, 2.45) is 0 Å².